The number of hydrogen-bond acceptors (Lipinski definition) is 6. The van der Waals surface area contributed by atoms with Crippen molar-refractivity contribution in [2.24, 2.45) is 0 Å². The quantitative estimate of drug-likeness (QED) is 0.484. The van der Waals surface area contributed by atoms with Crippen LogP contribution < -0.4 is 5.32 Å². The third kappa shape index (κ3) is 2.48. The van der Waals surface area contributed by atoms with Gasteiger partial charge in [0.05, 0.1) is 11.1 Å². The number of H-pyrrole nitrogens is 1. The van der Waals surface area contributed by atoms with Crippen molar-refractivity contribution in [3.63, 3.8) is 0 Å². The van der Waals surface area contributed by atoms with Crippen LogP contribution in [0.3, 0.4) is 0 Å². The number of halogens is 1. The molecule has 0 radical (unpaired) electrons. The summed E-state index contributed by atoms with van der Waals surface area (Å²) in [6, 6.07) is 0. The molecule has 2 rings (SSSR count). The molecule has 0 atom stereocenters. The number of nitro groups is 1. The maximum absolute atomic E-state index is 10.8. The Labute approximate surface area is 100 Å². The van der Waals surface area contributed by atoms with Crippen LogP contribution in [0.15, 0.2) is 18.7 Å². The first kappa shape index (κ1) is 11.3. The maximum atomic E-state index is 10.8. The molecule has 0 bridgehead atoms. The lowest BCUT2D eigenvalue weighted by Crippen LogP contribution is -2.05. The standard InChI is InChI=1S/C8H7ClN6O2/c9-7-6(15(16)17)8(12-4-11-7)10-1-5-2-13-14-3-5/h2-4H,1H2,(H,13,14)(H,10,11,12). The van der Waals surface area contributed by atoms with E-state index in [2.05, 4.69) is 25.5 Å². The molecule has 9 heteroatoms. The average molecular weight is 255 g/mol. The van der Waals surface area contributed by atoms with Gasteiger partial charge >= 0.3 is 5.69 Å². The smallest absolute Gasteiger partial charge is 0.348 e. The number of anilines is 1. The number of nitrogens with one attached hydrogen (secondary N) is 2. The van der Waals surface area contributed by atoms with Gasteiger partial charge in [0.15, 0.2) is 0 Å². The van der Waals surface area contributed by atoms with Crippen molar-refractivity contribution >= 4 is 23.1 Å². The summed E-state index contributed by atoms with van der Waals surface area (Å²) in [5.41, 5.74) is 0.506. The molecule has 0 spiro atoms. The van der Waals surface area contributed by atoms with Crippen molar-refractivity contribution in [1.82, 2.24) is 20.2 Å². The van der Waals surface area contributed by atoms with Gasteiger partial charge < -0.3 is 5.32 Å². The Morgan fingerprint density at radius 1 is 1.53 bits per heavy atom. The highest BCUT2D eigenvalue weighted by atomic mass is 35.5. The zero-order valence-corrected chi connectivity index (χ0v) is 9.18. The average Bonchev–Trinajstić information content (AvgIpc) is 2.78. The van der Waals surface area contributed by atoms with Gasteiger partial charge in [0.2, 0.25) is 11.0 Å². The third-order valence-electron chi connectivity index (χ3n) is 1.98. The van der Waals surface area contributed by atoms with Crippen LogP contribution >= 0.6 is 11.6 Å². The van der Waals surface area contributed by atoms with E-state index in [1.54, 1.807) is 12.4 Å². The molecule has 0 unspecified atom stereocenters. The van der Waals surface area contributed by atoms with E-state index in [0.717, 1.165) is 11.9 Å². The number of aromatic nitrogens is 4. The van der Waals surface area contributed by atoms with E-state index < -0.39 is 4.92 Å². The number of aromatic amines is 1. The van der Waals surface area contributed by atoms with Gasteiger partial charge in [0.1, 0.15) is 6.33 Å². The number of nitrogens with zero attached hydrogens (tertiary/aromatic N) is 4. The second-order valence-electron chi connectivity index (χ2n) is 3.08. The second kappa shape index (κ2) is 4.74. The van der Waals surface area contributed by atoms with E-state index in [9.17, 15) is 10.1 Å². The van der Waals surface area contributed by atoms with Gasteiger partial charge in [-0.25, -0.2) is 9.97 Å². The molecule has 0 aliphatic carbocycles. The van der Waals surface area contributed by atoms with Crippen molar-refractivity contribution in [1.29, 1.82) is 0 Å². The molecule has 0 aliphatic rings. The number of rotatable bonds is 4. The molecule has 2 N–H and O–H groups in total. The van der Waals surface area contributed by atoms with E-state index >= 15 is 0 Å². The molecular weight excluding hydrogens is 248 g/mol. The minimum atomic E-state index is -0.625. The predicted molar refractivity (Wildman–Crippen MR) is 59.6 cm³/mol. The van der Waals surface area contributed by atoms with Crippen LogP contribution in [0.4, 0.5) is 11.5 Å². The minimum absolute atomic E-state index is 0.0798. The van der Waals surface area contributed by atoms with Crippen LogP contribution in [-0.2, 0) is 6.54 Å². The summed E-state index contributed by atoms with van der Waals surface area (Å²) in [6.45, 7) is 0.352. The predicted octanol–water partition coefficient (Wildman–Crippen LogP) is 1.37. The van der Waals surface area contributed by atoms with Gasteiger partial charge in [-0.3, -0.25) is 15.2 Å². The molecule has 17 heavy (non-hydrogen) atoms. The summed E-state index contributed by atoms with van der Waals surface area (Å²) in [4.78, 5) is 17.5. The van der Waals surface area contributed by atoms with E-state index in [0.29, 0.717) is 6.54 Å². The third-order valence-corrected chi connectivity index (χ3v) is 2.25. The Kier molecular flexibility index (Phi) is 3.15. The SMILES string of the molecule is O=[N+]([O-])c1c(Cl)ncnc1NCc1cn[nH]c1. The first-order chi connectivity index (χ1) is 8.18. The lowest BCUT2D eigenvalue weighted by molar-refractivity contribution is -0.384. The largest absolute Gasteiger partial charge is 0.360 e. The Morgan fingerprint density at radius 2 is 2.35 bits per heavy atom. The van der Waals surface area contributed by atoms with Crippen LogP contribution in [0, 0.1) is 10.1 Å². The Bertz CT molecular complexity index is 529. The van der Waals surface area contributed by atoms with Gasteiger partial charge in [-0.2, -0.15) is 5.10 Å². The second-order valence-corrected chi connectivity index (χ2v) is 3.44. The van der Waals surface area contributed by atoms with Crippen LogP contribution in [0.2, 0.25) is 5.15 Å². The minimum Gasteiger partial charge on any atom is -0.360 e. The molecule has 2 heterocycles. The molecule has 88 valence electrons. The molecule has 0 aliphatic heterocycles. The van der Waals surface area contributed by atoms with Crippen molar-refractivity contribution in [3.8, 4) is 0 Å². The lowest BCUT2D eigenvalue weighted by atomic mass is 10.3. The van der Waals surface area contributed by atoms with Gasteiger partial charge in [0, 0.05) is 18.3 Å². The van der Waals surface area contributed by atoms with Crippen LogP contribution in [0.25, 0.3) is 0 Å². The fourth-order valence-corrected chi connectivity index (χ4v) is 1.41. The summed E-state index contributed by atoms with van der Waals surface area (Å²) in [6.07, 6.45) is 4.43. The highest BCUT2D eigenvalue weighted by Crippen LogP contribution is 2.28. The molecule has 0 amide bonds. The van der Waals surface area contributed by atoms with E-state index in [-0.39, 0.29) is 16.7 Å². The fourth-order valence-electron chi connectivity index (χ4n) is 1.21. The van der Waals surface area contributed by atoms with Crippen LogP contribution in [0.1, 0.15) is 5.56 Å². The molecule has 0 fully saturated rings. The van der Waals surface area contributed by atoms with Gasteiger partial charge in [-0.15, -0.1) is 0 Å². The summed E-state index contributed by atoms with van der Waals surface area (Å²) in [7, 11) is 0. The molecule has 0 saturated heterocycles. The summed E-state index contributed by atoms with van der Waals surface area (Å²) in [5, 5.41) is 19.8. The van der Waals surface area contributed by atoms with Crippen LogP contribution in [0.5, 0.6) is 0 Å². The Balaban J connectivity index is 2.21. The van der Waals surface area contributed by atoms with Crippen molar-refractivity contribution in [3.05, 3.63) is 39.6 Å². The molecule has 2 aromatic rings. The summed E-state index contributed by atoms with van der Waals surface area (Å²) in [5.74, 6) is 0.0798. The Hall–Kier alpha value is -2.22. The fraction of sp³-hybridized carbons (Fsp3) is 0.125. The van der Waals surface area contributed by atoms with Gasteiger partial charge in [0.25, 0.3) is 0 Å². The van der Waals surface area contributed by atoms with Gasteiger partial charge in [-0.1, -0.05) is 11.6 Å². The van der Waals surface area contributed by atoms with E-state index in [1.807, 2.05) is 0 Å². The Morgan fingerprint density at radius 3 is 3.00 bits per heavy atom. The summed E-state index contributed by atoms with van der Waals surface area (Å²) < 4.78 is 0. The zero-order valence-electron chi connectivity index (χ0n) is 8.42. The zero-order chi connectivity index (χ0) is 12.3. The van der Waals surface area contributed by atoms with Crippen molar-refractivity contribution < 1.29 is 4.92 Å². The van der Waals surface area contributed by atoms with Crippen molar-refractivity contribution in [2.45, 2.75) is 6.54 Å². The molecule has 0 aromatic carbocycles. The highest BCUT2D eigenvalue weighted by molar-refractivity contribution is 6.31. The molecule has 2 aromatic heterocycles. The monoisotopic (exact) mass is 254 g/mol. The normalized spacial score (nSPS) is 10.2. The van der Waals surface area contributed by atoms with Crippen molar-refractivity contribution in [2.75, 3.05) is 5.32 Å². The first-order valence-electron chi connectivity index (χ1n) is 4.55. The topological polar surface area (TPSA) is 110 Å². The molecule has 0 saturated carbocycles. The number of hydrogen-bond donors (Lipinski definition) is 2. The highest BCUT2D eigenvalue weighted by Gasteiger charge is 2.21. The van der Waals surface area contributed by atoms with Crippen LogP contribution in [-0.4, -0.2) is 25.1 Å². The van der Waals surface area contributed by atoms with E-state index in [4.69, 9.17) is 11.6 Å². The summed E-state index contributed by atoms with van der Waals surface area (Å²) >= 11 is 5.63. The molecule has 8 nitrogen and oxygen atoms in total. The first-order valence-corrected chi connectivity index (χ1v) is 4.92. The van der Waals surface area contributed by atoms with Gasteiger partial charge in [-0.05, 0) is 0 Å². The lowest BCUT2D eigenvalue weighted by Gasteiger charge is -2.04. The molecular formula is C8H7ClN6O2. The van der Waals surface area contributed by atoms with E-state index in [1.165, 1.54) is 0 Å². The maximum Gasteiger partial charge on any atom is 0.348 e.